The third-order valence-electron chi connectivity index (χ3n) is 5.18. The van der Waals surface area contributed by atoms with Crippen molar-refractivity contribution in [3.63, 3.8) is 0 Å². The summed E-state index contributed by atoms with van der Waals surface area (Å²) in [6.07, 6.45) is 3.69. The highest BCUT2D eigenvalue weighted by atomic mass is 32.2. The minimum Gasteiger partial charge on any atom is -0.495 e. The van der Waals surface area contributed by atoms with Crippen LogP contribution in [0.3, 0.4) is 0 Å². The number of fused-ring (bicyclic) bond motifs is 1. The number of allylic oxidation sites excluding steroid dienone is 1. The molecular formula is C20H23N7O2S. The van der Waals surface area contributed by atoms with E-state index in [1.54, 1.807) is 34.8 Å². The van der Waals surface area contributed by atoms with Crippen molar-refractivity contribution in [3.05, 3.63) is 53.0 Å². The smallest absolute Gasteiger partial charge is 0.255 e. The van der Waals surface area contributed by atoms with Crippen LogP contribution in [-0.2, 0) is 11.8 Å². The first-order valence-electron chi connectivity index (χ1n) is 9.35. The first kappa shape index (κ1) is 20.0. The predicted molar refractivity (Wildman–Crippen MR) is 116 cm³/mol. The molecule has 30 heavy (non-hydrogen) atoms. The molecule has 1 amide bonds. The SMILES string of the molecule is COc1ccccc1NC(=O)C1=C(C)Nc2nc(SC)nn2[C@H]1c1cnn(C)c1C. The third-order valence-corrected chi connectivity index (χ3v) is 5.72. The van der Waals surface area contributed by atoms with Gasteiger partial charge >= 0.3 is 0 Å². The molecule has 1 aromatic carbocycles. The number of aryl methyl sites for hydroxylation is 1. The maximum Gasteiger partial charge on any atom is 0.255 e. The Bertz CT molecular complexity index is 1150. The van der Waals surface area contributed by atoms with Gasteiger partial charge in [0.1, 0.15) is 11.8 Å². The Morgan fingerprint density at radius 3 is 2.73 bits per heavy atom. The molecule has 2 N–H and O–H groups in total. The van der Waals surface area contributed by atoms with E-state index in [1.807, 2.05) is 39.3 Å². The fourth-order valence-electron chi connectivity index (χ4n) is 3.52. The molecule has 0 fully saturated rings. The van der Waals surface area contributed by atoms with Gasteiger partial charge in [0.25, 0.3) is 5.91 Å². The molecular weight excluding hydrogens is 402 g/mol. The lowest BCUT2D eigenvalue weighted by atomic mass is 9.95. The van der Waals surface area contributed by atoms with Crippen molar-refractivity contribution in [2.75, 3.05) is 24.0 Å². The summed E-state index contributed by atoms with van der Waals surface area (Å²) in [6.45, 7) is 3.84. The maximum atomic E-state index is 13.5. The molecule has 0 saturated carbocycles. The van der Waals surface area contributed by atoms with Crippen LogP contribution in [0.1, 0.15) is 24.2 Å². The van der Waals surface area contributed by atoms with E-state index >= 15 is 0 Å². The monoisotopic (exact) mass is 425 g/mol. The third kappa shape index (κ3) is 3.32. The molecule has 10 heteroatoms. The second-order valence-corrected chi connectivity index (χ2v) is 7.67. The number of nitrogens with one attached hydrogen (secondary N) is 2. The van der Waals surface area contributed by atoms with E-state index in [4.69, 9.17) is 4.74 Å². The summed E-state index contributed by atoms with van der Waals surface area (Å²) < 4.78 is 8.91. The van der Waals surface area contributed by atoms with Crippen molar-refractivity contribution >= 4 is 29.3 Å². The number of hydrogen-bond donors (Lipinski definition) is 2. The average Bonchev–Trinajstić information content (AvgIpc) is 3.30. The number of aromatic nitrogens is 5. The van der Waals surface area contributed by atoms with Crippen LogP contribution < -0.4 is 15.4 Å². The van der Waals surface area contributed by atoms with E-state index in [9.17, 15) is 4.79 Å². The second kappa shape index (κ2) is 7.86. The number of anilines is 2. The molecule has 0 saturated heterocycles. The second-order valence-electron chi connectivity index (χ2n) is 6.90. The molecule has 0 bridgehead atoms. The number of hydrogen-bond acceptors (Lipinski definition) is 7. The van der Waals surface area contributed by atoms with Gasteiger partial charge in [-0.1, -0.05) is 23.9 Å². The Morgan fingerprint density at radius 1 is 1.30 bits per heavy atom. The van der Waals surface area contributed by atoms with Gasteiger partial charge < -0.3 is 15.4 Å². The van der Waals surface area contributed by atoms with Gasteiger partial charge in [-0.25, -0.2) is 4.68 Å². The summed E-state index contributed by atoms with van der Waals surface area (Å²) in [5.74, 6) is 0.941. The van der Waals surface area contributed by atoms with Gasteiger partial charge in [-0.3, -0.25) is 9.48 Å². The fraction of sp³-hybridized carbons (Fsp3) is 0.300. The van der Waals surface area contributed by atoms with Crippen LogP contribution in [0.4, 0.5) is 11.6 Å². The fourth-order valence-corrected chi connectivity index (χ4v) is 3.87. The van der Waals surface area contributed by atoms with E-state index in [-0.39, 0.29) is 5.91 Å². The summed E-state index contributed by atoms with van der Waals surface area (Å²) in [5, 5.41) is 15.8. The lowest BCUT2D eigenvalue weighted by Crippen LogP contribution is -2.31. The van der Waals surface area contributed by atoms with E-state index in [0.29, 0.717) is 33.8 Å². The van der Waals surface area contributed by atoms with Crippen LogP contribution in [0.15, 0.2) is 46.9 Å². The molecule has 0 spiro atoms. The Labute approximate surface area is 178 Å². The first-order chi connectivity index (χ1) is 14.4. The molecule has 2 aromatic heterocycles. The van der Waals surface area contributed by atoms with E-state index in [0.717, 1.165) is 11.3 Å². The molecule has 9 nitrogen and oxygen atoms in total. The topological polar surface area (TPSA) is 98.9 Å². The number of methoxy groups -OCH3 is 1. The number of thioether (sulfide) groups is 1. The van der Waals surface area contributed by atoms with Crippen molar-refractivity contribution in [2.24, 2.45) is 7.05 Å². The largest absolute Gasteiger partial charge is 0.495 e. The normalized spacial score (nSPS) is 15.6. The zero-order chi connectivity index (χ0) is 21.4. The van der Waals surface area contributed by atoms with Gasteiger partial charge in [-0.05, 0) is 32.2 Å². The van der Waals surface area contributed by atoms with Gasteiger partial charge in [0.05, 0.1) is 24.6 Å². The number of para-hydroxylation sites is 2. The summed E-state index contributed by atoms with van der Waals surface area (Å²) in [5.41, 5.74) is 3.69. The molecule has 156 valence electrons. The molecule has 3 heterocycles. The number of nitrogens with zero attached hydrogens (tertiary/aromatic N) is 5. The zero-order valence-corrected chi connectivity index (χ0v) is 18.2. The Kier molecular flexibility index (Phi) is 5.25. The summed E-state index contributed by atoms with van der Waals surface area (Å²) in [6, 6.07) is 6.85. The molecule has 1 aliphatic rings. The zero-order valence-electron chi connectivity index (χ0n) is 17.4. The lowest BCUT2D eigenvalue weighted by Gasteiger charge is -2.28. The number of benzene rings is 1. The van der Waals surface area contributed by atoms with Gasteiger partial charge in [0.2, 0.25) is 11.1 Å². The van der Waals surface area contributed by atoms with Crippen molar-refractivity contribution in [1.82, 2.24) is 24.5 Å². The summed E-state index contributed by atoms with van der Waals surface area (Å²) in [7, 11) is 3.45. The highest BCUT2D eigenvalue weighted by Crippen LogP contribution is 2.38. The Morgan fingerprint density at radius 2 is 2.07 bits per heavy atom. The lowest BCUT2D eigenvalue weighted by molar-refractivity contribution is -0.113. The minimum atomic E-state index is -0.460. The summed E-state index contributed by atoms with van der Waals surface area (Å²) >= 11 is 1.45. The van der Waals surface area contributed by atoms with Crippen LogP contribution in [0.25, 0.3) is 0 Å². The molecule has 0 radical (unpaired) electrons. The van der Waals surface area contributed by atoms with Crippen LogP contribution in [-0.4, -0.2) is 43.8 Å². The molecule has 1 aliphatic heterocycles. The van der Waals surface area contributed by atoms with Crippen molar-refractivity contribution in [3.8, 4) is 5.75 Å². The molecule has 0 aliphatic carbocycles. The number of carbonyl (C=O) groups is 1. The van der Waals surface area contributed by atoms with Gasteiger partial charge in [-0.15, -0.1) is 5.10 Å². The average molecular weight is 426 g/mol. The van der Waals surface area contributed by atoms with Crippen molar-refractivity contribution < 1.29 is 9.53 Å². The van der Waals surface area contributed by atoms with Crippen LogP contribution in [0.2, 0.25) is 0 Å². The van der Waals surface area contributed by atoms with Crippen molar-refractivity contribution in [2.45, 2.75) is 25.0 Å². The highest BCUT2D eigenvalue weighted by molar-refractivity contribution is 7.98. The molecule has 1 atom stereocenters. The van der Waals surface area contributed by atoms with E-state index in [1.165, 1.54) is 11.8 Å². The quantitative estimate of drug-likeness (QED) is 0.606. The first-order valence-corrected chi connectivity index (χ1v) is 10.6. The minimum absolute atomic E-state index is 0.246. The molecule has 4 rings (SSSR count). The Hall–Kier alpha value is -3.27. The number of ether oxygens (including phenoxy) is 1. The molecule has 3 aromatic rings. The number of amides is 1. The predicted octanol–water partition coefficient (Wildman–Crippen LogP) is 2.98. The van der Waals surface area contributed by atoms with Crippen LogP contribution in [0, 0.1) is 6.92 Å². The standard InChI is InChI=1S/C20H23N7O2S/c1-11-16(18(28)23-14-8-6-7-9-15(14)29-4)17(13-10-21-26(3)12(13)2)27-19(22-11)24-20(25-27)30-5/h6-10,17H,1-5H3,(H,23,28)(H,22,24,25)/t17-/m0/s1. The highest BCUT2D eigenvalue weighted by Gasteiger charge is 2.36. The molecule has 0 unspecified atom stereocenters. The van der Waals surface area contributed by atoms with Crippen LogP contribution >= 0.6 is 11.8 Å². The van der Waals surface area contributed by atoms with E-state index in [2.05, 4.69) is 25.8 Å². The van der Waals surface area contributed by atoms with Gasteiger partial charge in [0.15, 0.2) is 0 Å². The Balaban J connectivity index is 1.81. The van der Waals surface area contributed by atoms with Crippen molar-refractivity contribution in [1.29, 1.82) is 0 Å². The van der Waals surface area contributed by atoms with Crippen LogP contribution in [0.5, 0.6) is 5.75 Å². The number of rotatable bonds is 5. The number of carbonyl (C=O) groups excluding carboxylic acids is 1. The van der Waals surface area contributed by atoms with Gasteiger partial charge in [-0.2, -0.15) is 10.1 Å². The maximum absolute atomic E-state index is 13.5. The van der Waals surface area contributed by atoms with E-state index < -0.39 is 6.04 Å². The van der Waals surface area contributed by atoms with Gasteiger partial charge in [0, 0.05) is 24.0 Å². The summed E-state index contributed by atoms with van der Waals surface area (Å²) in [4.78, 5) is 18.0.